The van der Waals surface area contributed by atoms with E-state index in [9.17, 15) is 4.79 Å². The molecule has 0 aliphatic carbocycles. The number of rotatable bonds is 5. The highest BCUT2D eigenvalue weighted by atomic mass is 35.5. The first-order valence-corrected chi connectivity index (χ1v) is 6.33. The Morgan fingerprint density at radius 1 is 1.25 bits per heavy atom. The first kappa shape index (κ1) is 14.0. The molecule has 0 aliphatic heterocycles. The first-order chi connectivity index (χ1) is 9.70. The Morgan fingerprint density at radius 2 is 2.05 bits per heavy atom. The summed E-state index contributed by atoms with van der Waals surface area (Å²) in [6.07, 6.45) is 1.60. The molecule has 0 unspecified atom stereocenters. The second kappa shape index (κ2) is 6.68. The molecule has 20 heavy (non-hydrogen) atoms. The fraction of sp³-hybridized carbons (Fsp3) is 0.0714. The van der Waals surface area contributed by atoms with Crippen LogP contribution in [-0.2, 0) is 0 Å². The monoisotopic (exact) mass is 288 g/mol. The van der Waals surface area contributed by atoms with Crippen LogP contribution < -0.4 is 10.6 Å². The summed E-state index contributed by atoms with van der Waals surface area (Å²) in [5.41, 5.74) is 0.976. The molecule has 0 bridgehead atoms. The minimum atomic E-state index is -0.290. The number of carbonyl (C=O) groups excluding carboxylic acids is 1. The highest BCUT2D eigenvalue weighted by molar-refractivity contribution is 6.33. The van der Waals surface area contributed by atoms with E-state index in [2.05, 4.69) is 27.4 Å². The van der Waals surface area contributed by atoms with Crippen LogP contribution in [0.25, 0.3) is 0 Å². The standard InChI is InChI=1S/C14H13ClN4O/c1-2-9-16-14(20)12-7-8-13(19-18-12)17-11-6-4-3-5-10(11)15/h2-8H,1,9H2,(H,16,20)(H,17,19). The molecule has 1 aromatic heterocycles. The van der Waals surface area contributed by atoms with Crippen molar-refractivity contribution < 1.29 is 4.79 Å². The third-order valence-electron chi connectivity index (χ3n) is 2.44. The zero-order valence-electron chi connectivity index (χ0n) is 10.6. The van der Waals surface area contributed by atoms with E-state index in [-0.39, 0.29) is 11.6 Å². The number of amides is 1. The number of aromatic nitrogens is 2. The molecule has 0 fully saturated rings. The second-order valence-corrected chi connectivity index (χ2v) is 4.31. The predicted octanol–water partition coefficient (Wildman–Crippen LogP) is 2.79. The molecule has 1 heterocycles. The van der Waals surface area contributed by atoms with Crippen LogP contribution >= 0.6 is 11.6 Å². The molecule has 2 aromatic rings. The average Bonchev–Trinajstić information content (AvgIpc) is 2.48. The van der Waals surface area contributed by atoms with Crippen molar-refractivity contribution in [3.8, 4) is 0 Å². The number of nitrogens with one attached hydrogen (secondary N) is 2. The van der Waals surface area contributed by atoms with Gasteiger partial charge in [-0.3, -0.25) is 4.79 Å². The molecule has 5 nitrogen and oxygen atoms in total. The summed E-state index contributed by atoms with van der Waals surface area (Å²) in [6.45, 7) is 3.91. The molecule has 2 N–H and O–H groups in total. The van der Waals surface area contributed by atoms with Crippen LogP contribution in [0.15, 0.2) is 49.1 Å². The zero-order valence-corrected chi connectivity index (χ0v) is 11.4. The van der Waals surface area contributed by atoms with Gasteiger partial charge >= 0.3 is 0 Å². The first-order valence-electron chi connectivity index (χ1n) is 5.95. The number of benzene rings is 1. The normalized spacial score (nSPS) is 9.85. The number of para-hydroxylation sites is 1. The van der Waals surface area contributed by atoms with Crippen LogP contribution in [0.2, 0.25) is 5.02 Å². The van der Waals surface area contributed by atoms with E-state index in [1.165, 1.54) is 0 Å². The lowest BCUT2D eigenvalue weighted by Crippen LogP contribution is -2.24. The maximum absolute atomic E-state index is 11.6. The van der Waals surface area contributed by atoms with Crippen molar-refractivity contribution in [1.82, 2.24) is 15.5 Å². The molecule has 0 aliphatic rings. The zero-order chi connectivity index (χ0) is 14.4. The maximum Gasteiger partial charge on any atom is 0.272 e. The Morgan fingerprint density at radius 3 is 2.70 bits per heavy atom. The van der Waals surface area contributed by atoms with Gasteiger partial charge in [0, 0.05) is 6.54 Å². The largest absolute Gasteiger partial charge is 0.347 e. The Bertz CT molecular complexity index is 613. The van der Waals surface area contributed by atoms with Crippen molar-refractivity contribution in [3.05, 3.63) is 59.8 Å². The fourth-order valence-electron chi connectivity index (χ4n) is 1.48. The Hall–Kier alpha value is -2.40. The van der Waals surface area contributed by atoms with Crippen LogP contribution in [0.4, 0.5) is 11.5 Å². The van der Waals surface area contributed by atoms with Crippen LogP contribution in [0.3, 0.4) is 0 Å². The van der Waals surface area contributed by atoms with Gasteiger partial charge in [-0.1, -0.05) is 29.8 Å². The number of anilines is 2. The minimum absolute atomic E-state index is 0.247. The van der Waals surface area contributed by atoms with Crippen molar-refractivity contribution in [2.75, 3.05) is 11.9 Å². The van der Waals surface area contributed by atoms with Gasteiger partial charge in [0.1, 0.15) is 0 Å². The SMILES string of the molecule is C=CCNC(=O)c1ccc(Nc2ccccc2Cl)nn1. The van der Waals surface area contributed by atoms with Gasteiger partial charge in [-0.05, 0) is 24.3 Å². The average molecular weight is 289 g/mol. The van der Waals surface area contributed by atoms with Gasteiger partial charge in [0.25, 0.3) is 5.91 Å². The van der Waals surface area contributed by atoms with Gasteiger partial charge in [-0.15, -0.1) is 16.8 Å². The quantitative estimate of drug-likeness (QED) is 0.830. The highest BCUT2D eigenvalue weighted by Crippen LogP contribution is 2.23. The third-order valence-corrected chi connectivity index (χ3v) is 2.77. The van der Waals surface area contributed by atoms with Gasteiger partial charge < -0.3 is 10.6 Å². The van der Waals surface area contributed by atoms with Crippen molar-refractivity contribution >= 4 is 29.0 Å². The lowest BCUT2D eigenvalue weighted by molar-refractivity contribution is 0.0952. The Labute approximate surface area is 121 Å². The minimum Gasteiger partial charge on any atom is -0.347 e. The van der Waals surface area contributed by atoms with Crippen LogP contribution in [0.1, 0.15) is 10.5 Å². The summed E-state index contributed by atoms with van der Waals surface area (Å²) < 4.78 is 0. The fourth-order valence-corrected chi connectivity index (χ4v) is 1.66. The Kier molecular flexibility index (Phi) is 4.68. The van der Waals surface area contributed by atoms with Gasteiger partial charge in [0.05, 0.1) is 10.7 Å². The number of halogens is 1. The van der Waals surface area contributed by atoms with Crippen LogP contribution in [-0.4, -0.2) is 22.6 Å². The number of nitrogens with zero attached hydrogens (tertiary/aromatic N) is 2. The van der Waals surface area contributed by atoms with E-state index in [4.69, 9.17) is 11.6 Å². The smallest absolute Gasteiger partial charge is 0.272 e. The van der Waals surface area contributed by atoms with Gasteiger partial charge in [0.15, 0.2) is 11.5 Å². The molecular weight excluding hydrogens is 276 g/mol. The summed E-state index contributed by atoms with van der Waals surface area (Å²) in [5, 5.41) is 14.0. The molecule has 0 radical (unpaired) electrons. The van der Waals surface area contributed by atoms with E-state index in [1.807, 2.05) is 18.2 Å². The van der Waals surface area contributed by atoms with Crippen LogP contribution in [0, 0.1) is 0 Å². The van der Waals surface area contributed by atoms with E-state index < -0.39 is 0 Å². The summed E-state index contributed by atoms with van der Waals surface area (Å²) in [6, 6.07) is 10.6. The number of carbonyl (C=O) groups is 1. The van der Waals surface area contributed by atoms with Crippen LogP contribution in [0.5, 0.6) is 0 Å². The van der Waals surface area contributed by atoms with E-state index >= 15 is 0 Å². The van der Waals surface area contributed by atoms with Gasteiger partial charge in [-0.2, -0.15) is 0 Å². The summed E-state index contributed by atoms with van der Waals surface area (Å²) in [4.78, 5) is 11.6. The third kappa shape index (κ3) is 3.55. The van der Waals surface area contributed by atoms with E-state index in [0.29, 0.717) is 17.4 Å². The summed E-state index contributed by atoms with van der Waals surface area (Å²) in [5.74, 6) is 0.222. The molecule has 1 amide bonds. The molecule has 0 spiro atoms. The Balaban J connectivity index is 2.07. The van der Waals surface area contributed by atoms with E-state index in [0.717, 1.165) is 5.69 Å². The van der Waals surface area contributed by atoms with E-state index in [1.54, 1.807) is 24.3 Å². The van der Waals surface area contributed by atoms with Crippen molar-refractivity contribution in [2.24, 2.45) is 0 Å². The molecule has 6 heteroatoms. The van der Waals surface area contributed by atoms with Gasteiger partial charge in [0.2, 0.25) is 0 Å². The maximum atomic E-state index is 11.6. The second-order valence-electron chi connectivity index (χ2n) is 3.91. The molecule has 0 saturated heterocycles. The molecule has 0 atom stereocenters. The topological polar surface area (TPSA) is 66.9 Å². The lowest BCUT2D eigenvalue weighted by Gasteiger charge is -2.07. The summed E-state index contributed by atoms with van der Waals surface area (Å²) in [7, 11) is 0. The number of hydrogen-bond donors (Lipinski definition) is 2. The molecule has 102 valence electrons. The van der Waals surface area contributed by atoms with Gasteiger partial charge in [-0.25, -0.2) is 0 Å². The molecule has 0 saturated carbocycles. The lowest BCUT2D eigenvalue weighted by atomic mass is 10.3. The molecule has 1 aromatic carbocycles. The molecule has 2 rings (SSSR count). The molecular formula is C14H13ClN4O. The van der Waals surface area contributed by atoms with Crippen molar-refractivity contribution in [2.45, 2.75) is 0 Å². The van der Waals surface area contributed by atoms with Crippen molar-refractivity contribution in [3.63, 3.8) is 0 Å². The number of hydrogen-bond acceptors (Lipinski definition) is 4. The van der Waals surface area contributed by atoms with Crippen molar-refractivity contribution in [1.29, 1.82) is 0 Å². The summed E-state index contributed by atoms with van der Waals surface area (Å²) >= 11 is 6.03. The predicted molar refractivity (Wildman–Crippen MR) is 79.3 cm³/mol. The highest BCUT2D eigenvalue weighted by Gasteiger charge is 2.07.